The van der Waals surface area contributed by atoms with E-state index in [4.69, 9.17) is 47.6 Å². The van der Waals surface area contributed by atoms with Crippen LogP contribution in [0.1, 0.15) is 84.8 Å². The third-order valence-electron chi connectivity index (χ3n) is 16.1. The van der Waals surface area contributed by atoms with E-state index < -0.39 is 96.1 Å². The molecule has 11 unspecified atom stereocenters. The Morgan fingerprint density at radius 1 is 0.767 bits per heavy atom. The van der Waals surface area contributed by atoms with E-state index in [0.29, 0.717) is 76.5 Å². The lowest BCUT2D eigenvalue weighted by Crippen LogP contribution is -2.57. The van der Waals surface area contributed by atoms with Crippen LogP contribution in [0.3, 0.4) is 0 Å². The van der Waals surface area contributed by atoms with Crippen molar-refractivity contribution in [1.82, 2.24) is 31.0 Å². The van der Waals surface area contributed by atoms with Gasteiger partial charge >= 0.3 is 17.9 Å². The van der Waals surface area contributed by atoms with Gasteiger partial charge in [-0.3, -0.25) is 43.8 Å². The van der Waals surface area contributed by atoms with Gasteiger partial charge in [-0.2, -0.15) is 11.0 Å². The van der Waals surface area contributed by atoms with E-state index in [-0.39, 0.29) is 93.6 Å². The van der Waals surface area contributed by atoms with E-state index in [2.05, 4.69) is 26.3 Å². The third-order valence-corrected chi connectivity index (χ3v) is 16.1. The summed E-state index contributed by atoms with van der Waals surface area (Å²) in [6.45, 7) is 19.5. The molecule has 0 spiro atoms. The Balaban J connectivity index is 1.06. The fourth-order valence-electron chi connectivity index (χ4n) is 11.4. The van der Waals surface area contributed by atoms with Gasteiger partial charge in [0.15, 0.2) is 19.5 Å². The lowest BCUT2D eigenvalue weighted by molar-refractivity contribution is -0.202. The molecule has 7 aliphatic rings. The molecule has 9 bridgehead atoms. The molecule has 7 N–H and O–H groups in total. The highest BCUT2D eigenvalue weighted by atomic mass is 16.7. The smallest absolute Gasteiger partial charge is 0.344 e. The number of rotatable bonds is 8. The van der Waals surface area contributed by atoms with Crippen LogP contribution in [-0.4, -0.2) is 239 Å². The molecule has 2 fully saturated rings. The molecule has 0 radical (unpaired) electrons. The molecule has 2 aromatic carbocycles. The Bertz CT molecular complexity index is 2580. The second-order valence-electron chi connectivity index (χ2n) is 24.6. The molecule has 2 aliphatic carbocycles. The quantitative estimate of drug-likeness (QED) is 0.112. The third kappa shape index (κ3) is 18.9. The molecule has 1 amide bonds. The highest BCUT2D eigenvalue weighted by Crippen LogP contribution is 2.64. The number of esters is 3. The van der Waals surface area contributed by atoms with Crippen LogP contribution in [0.2, 0.25) is 0 Å². The standard InChI is InChI=1S/C60H92N8O18/c1-37(2)77-32-41-29-62-14-18-66(22-24-69)20-16-64-81-35-68(60(6,7)8)36-82-65-17-21-67(23-25-70)19-15-63-47(71)33-78-39-10-12-42-45(27-39)84-57(75)52-50(42)53-51(52)43-13-11-40(28-46(43)85-58(53)76)79-34-48(72)86-56-38(31-80-49(83-41)30-61-9)26-44(59(3,4)5)54(73)55(56)74/h10-13,27-30,37-38,41,44,49-56,64-65,69-70,73-74H,14-26,31-36H2,1-9H3,(H,63,71)/b61-30+,62-29+. The zero-order valence-corrected chi connectivity index (χ0v) is 51.2. The number of amides is 1. The summed E-state index contributed by atoms with van der Waals surface area (Å²) >= 11 is 0. The van der Waals surface area contributed by atoms with Gasteiger partial charge in [0.25, 0.3) is 5.91 Å². The molecule has 480 valence electrons. The maximum Gasteiger partial charge on any atom is 0.344 e. The number of fused-ring (bicyclic) bond motifs is 3. The summed E-state index contributed by atoms with van der Waals surface area (Å²) in [4.78, 5) is 80.7. The zero-order valence-electron chi connectivity index (χ0n) is 51.2. The van der Waals surface area contributed by atoms with Crippen LogP contribution in [0.5, 0.6) is 23.0 Å². The molecule has 26 heteroatoms. The minimum Gasteiger partial charge on any atom is -0.484 e. The first-order valence-electron chi connectivity index (χ1n) is 29.8. The van der Waals surface area contributed by atoms with Crippen LogP contribution < -0.4 is 35.2 Å². The molecule has 2 saturated carbocycles. The van der Waals surface area contributed by atoms with Crippen molar-refractivity contribution in [2.24, 2.45) is 39.1 Å². The summed E-state index contributed by atoms with van der Waals surface area (Å²) in [6, 6.07) is 9.67. The molecule has 0 aromatic heterocycles. The second-order valence-corrected chi connectivity index (χ2v) is 24.6. The van der Waals surface area contributed by atoms with Crippen molar-refractivity contribution in [1.29, 1.82) is 0 Å². The van der Waals surface area contributed by atoms with Crippen molar-refractivity contribution < 1.29 is 87.2 Å². The number of ether oxygens (including phenoxy) is 8. The van der Waals surface area contributed by atoms with Gasteiger partial charge in [0, 0.05) is 119 Å². The first kappa shape index (κ1) is 68.2. The van der Waals surface area contributed by atoms with Crippen molar-refractivity contribution in [3.63, 3.8) is 0 Å². The topological polar surface area (TPSA) is 312 Å². The summed E-state index contributed by atoms with van der Waals surface area (Å²) in [7, 11) is 1.58. The maximum atomic E-state index is 13.8. The molecule has 2 aromatic rings. The Morgan fingerprint density at radius 2 is 1.34 bits per heavy atom. The summed E-state index contributed by atoms with van der Waals surface area (Å²) in [5, 5.41) is 45.6. The number of benzene rings is 2. The number of carbonyl (C=O) groups is 4. The maximum absolute atomic E-state index is 13.8. The molecule has 26 nitrogen and oxygen atoms in total. The summed E-state index contributed by atoms with van der Waals surface area (Å²) in [6.07, 6.45) is -2.36. The summed E-state index contributed by atoms with van der Waals surface area (Å²) in [5.41, 5.74) is 6.45. The number of aliphatic imine (C=N–C) groups is 2. The second kappa shape index (κ2) is 32.3. The van der Waals surface area contributed by atoms with Crippen molar-refractivity contribution in [3.8, 4) is 23.0 Å². The van der Waals surface area contributed by atoms with Gasteiger partial charge in [-0.15, -0.1) is 0 Å². The molecule has 5 heterocycles. The Labute approximate surface area is 504 Å². The predicted octanol–water partition coefficient (Wildman–Crippen LogP) is 1.41. The van der Waals surface area contributed by atoms with Crippen LogP contribution >= 0.6 is 0 Å². The Hall–Kier alpha value is -5.30. The fourth-order valence-corrected chi connectivity index (χ4v) is 11.4. The van der Waals surface area contributed by atoms with Crippen molar-refractivity contribution in [2.45, 2.75) is 116 Å². The first-order chi connectivity index (χ1) is 41.1. The van der Waals surface area contributed by atoms with E-state index in [1.54, 1.807) is 37.5 Å². The average molecular weight is 1210 g/mol. The monoisotopic (exact) mass is 1210 g/mol. The molecule has 86 heavy (non-hydrogen) atoms. The van der Waals surface area contributed by atoms with E-state index in [1.165, 1.54) is 18.3 Å². The molecular weight excluding hydrogens is 1120 g/mol. The van der Waals surface area contributed by atoms with Gasteiger partial charge in [0.05, 0.1) is 63.2 Å². The number of hydrogen-bond donors (Lipinski definition) is 7. The van der Waals surface area contributed by atoms with Crippen LogP contribution in [-0.2, 0) is 47.8 Å². The lowest BCUT2D eigenvalue weighted by atomic mass is 9.51. The molecule has 0 saturated heterocycles. The van der Waals surface area contributed by atoms with Gasteiger partial charge in [0.2, 0.25) is 0 Å². The van der Waals surface area contributed by atoms with Crippen LogP contribution in [0.15, 0.2) is 46.4 Å². The van der Waals surface area contributed by atoms with E-state index in [1.807, 2.05) is 70.1 Å². The van der Waals surface area contributed by atoms with Crippen molar-refractivity contribution in [3.05, 3.63) is 47.5 Å². The first-order valence-corrected chi connectivity index (χ1v) is 29.8. The number of hydrogen-bond acceptors (Lipinski definition) is 25. The van der Waals surface area contributed by atoms with Crippen LogP contribution in [0.4, 0.5) is 0 Å². The normalized spacial score (nSPS) is 29.8. The van der Waals surface area contributed by atoms with Crippen LogP contribution in [0, 0.1) is 29.1 Å². The summed E-state index contributed by atoms with van der Waals surface area (Å²) < 4.78 is 48.1. The average Bonchev–Trinajstić information content (AvgIpc) is 0.700. The van der Waals surface area contributed by atoms with Crippen molar-refractivity contribution in [2.75, 3.05) is 126 Å². The highest BCUT2D eigenvalue weighted by molar-refractivity contribution is 5.91. The predicted molar refractivity (Wildman–Crippen MR) is 314 cm³/mol. The SMILES string of the molecule is C/N=C/C1OCC2CC(C(C)(C)C)C(O)C(O)C2OC(=O)COc2ccc3c(c2)OC(=O)C2C4c5ccc(cc5OC(=O)C4C32)OCC(=O)NCCN(CCO)CCNOCN(C(C)(C)C)CONCCN(CCO)CC/N=C/C(COC(C)C)O1. The van der Waals surface area contributed by atoms with E-state index in [9.17, 15) is 39.6 Å². The van der Waals surface area contributed by atoms with Crippen molar-refractivity contribution >= 4 is 36.2 Å². The summed E-state index contributed by atoms with van der Waals surface area (Å²) in [5.74, 6) is -5.00. The van der Waals surface area contributed by atoms with Gasteiger partial charge in [0.1, 0.15) is 54.8 Å². The van der Waals surface area contributed by atoms with Gasteiger partial charge < -0.3 is 63.6 Å². The number of nitrogens with zero attached hydrogens (tertiary/aromatic N) is 5. The number of nitrogens with one attached hydrogen (secondary N) is 3. The van der Waals surface area contributed by atoms with Gasteiger partial charge in [-0.25, -0.2) is 9.69 Å². The number of aliphatic hydroxyl groups is 4. The Kier molecular flexibility index (Phi) is 25.6. The van der Waals surface area contributed by atoms with E-state index >= 15 is 0 Å². The van der Waals surface area contributed by atoms with Gasteiger partial charge in [-0.1, -0.05) is 32.9 Å². The Morgan fingerprint density at radius 3 is 1.88 bits per heavy atom. The van der Waals surface area contributed by atoms with Gasteiger partial charge in [-0.05, 0) is 64.5 Å². The number of aliphatic hydroxyl groups excluding tert-OH is 4. The molecule has 11 atom stereocenters. The lowest BCUT2D eigenvalue weighted by Gasteiger charge is -2.53. The minimum atomic E-state index is -1.49. The molecular formula is C60H92N8O18. The molecule has 9 rings (SSSR count). The zero-order chi connectivity index (χ0) is 62.1. The number of hydroxylamine groups is 2. The van der Waals surface area contributed by atoms with Crippen LogP contribution in [0.25, 0.3) is 0 Å². The number of carbonyl (C=O) groups excluding carboxylic acids is 4. The molecule has 5 aliphatic heterocycles. The largest absolute Gasteiger partial charge is 0.484 e. The van der Waals surface area contributed by atoms with E-state index in [0.717, 1.165) is 0 Å². The highest BCUT2D eigenvalue weighted by Gasteiger charge is 2.64. The minimum absolute atomic E-state index is 0.0596. The fraction of sp³-hybridized carbons (Fsp3) is 0.700.